The van der Waals surface area contributed by atoms with E-state index in [1.807, 2.05) is 24.3 Å². The highest BCUT2D eigenvalue weighted by Crippen LogP contribution is 2.29. The molecule has 3 rings (SSSR count). The summed E-state index contributed by atoms with van der Waals surface area (Å²) in [6.45, 7) is 0.703. The van der Waals surface area contributed by atoms with Crippen LogP contribution in [0.15, 0.2) is 47.4 Å². The van der Waals surface area contributed by atoms with E-state index in [0.717, 1.165) is 28.8 Å². The zero-order valence-corrected chi connectivity index (χ0v) is 16.0. The molecule has 1 heterocycles. The third kappa shape index (κ3) is 5.18. The first-order chi connectivity index (χ1) is 13.0. The predicted molar refractivity (Wildman–Crippen MR) is 107 cm³/mol. The van der Waals surface area contributed by atoms with Crippen molar-refractivity contribution in [2.45, 2.75) is 0 Å². The number of nitrogens with one attached hydrogen (secondary N) is 2. The molecule has 1 aliphatic heterocycles. The van der Waals surface area contributed by atoms with Gasteiger partial charge in [-0.15, -0.1) is 0 Å². The molecule has 1 fully saturated rings. The smallest absolute Gasteiger partial charge is 0.264 e. The van der Waals surface area contributed by atoms with E-state index in [1.54, 1.807) is 31.4 Å². The van der Waals surface area contributed by atoms with Gasteiger partial charge in [-0.25, -0.2) is 0 Å². The summed E-state index contributed by atoms with van der Waals surface area (Å²) in [4.78, 5) is 12.1. The molecule has 1 amide bonds. The van der Waals surface area contributed by atoms with E-state index in [9.17, 15) is 4.79 Å². The summed E-state index contributed by atoms with van der Waals surface area (Å²) in [5.74, 6) is 1.75. The lowest BCUT2D eigenvalue weighted by atomic mass is 10.2. The maximum Gasteiger partial charge on any atom is 0.264 e. The number of hydrogen-bond acceptors (Lipinski definition) is 6. The lowest BCUT2D eigenvalue weighted by Gasteiger charge is -2.10. The molecule has 0 bridgehead atoms. The van der Waals surface area contributed by atoms with Crippen LogP contribution in [0.25, 0.3) is 6.08 Å². The van der Waals surface area contributed by atoms with E-state index in [2.05, 4.69) is 5.32 Å². The zero-order chi connectivity index (χ0) is 19.2. The van der Waals surface area contributed by atoms with Crippen LogP contribution in [0.5, 0.6) is 17.2 Å². The van der Waals surface area contributed by atoms with Crippen molar-refractivity contribution in [3.8, 4) is 17.2 Å². The van der Waals surface area contributed by atoms with E-state index >= 15 is 0 Å². The number of carbonyl (C=O) groups excluding carboxylic acids is 1. The summed E-state index contributed by atoms with van der Waals surface area (Å²) in [6, 6.07) is 12.6. The Morgan fingerprint density at radius 3 is 2.44 bits per heavy atom. The first kappa shape index (κ1) is 19.1. The Balaban J connectivity index is 1.52. The molecule has 2 aromatic rings. The van der Waals surface area contributed by atoms with Crippen LogP contribution in [-0.4, -0.2) is 31.4 Å². The fraction of sp³-hybridized carbons (Fsp3) is 0.158. The van der Waals surface area contributed by atoms with E-state index in [1.165, 1.54) is 0 Å². The molecule has 2 aromatic carbocycles. The van der Waals surface area contributed by atoms with E-state index in [0.29, 0.717) is 28.9 Å². The van der Waals surface area contributed by atoms with Gasteiger partial charge in [0.05, 0.1) is 17.0 Å². The largest absolute Gasteiger partial charge is 0.497 e. The van der Waals surface area contributed by atoms with Crippen molar-refractivity contribution < 1.29 is 19.0 Å². The van der Waals surface area contributed by atoms with Crippen molar-refractivity contribution in [2.75, 3.05) is 20.3 Å². The first-order valence-corrected chi connectivity index (χ1v) is 9.23. The van der Waals surface area contributed by atoms with Crippen molar-refractivity contribution in [3.63, 3.8) is 0 Å². The fourth-order valence-electron chi connectivity index (χ4n) is 2.30. The van der Waals surface area contributed by atoms with Crippen LogP contribution in [0.2, 0.25) is 5.02 Å². The van der Waals surface area contributed by atoms with Gasteiger partial charge in [-0.3, -0.25) is 10.2 Å². The Kier molecular flexibility index (Phi) is 6.26. The second kappa shape index (κ2) is 8.83. The maximum absolute atomic E-state index is 11.6. The number of methoxy groups -OCH3 is 1. The number of halogens is 1. The summed E-state index contributed by atoms with van der Waals surface area (Å²) >= 11 is 7.33. The summed E-state index contributed by atoms with van der Waals surface area (Å²) in [6.07, 6.45) is 1.68. The zero-order valence-electron chi connectivity index (χ0n) is 14.5. The van der Waals surface area contributed by atoms with Crippen LogP contribution in [-0.2, 0) is 4.79 Å². The highest BCUT2D eigenvalue weighted by Gasteiger charge is 2.22. The normalized spacial score (nSPS) is 15.0. The molecular formula is C19H17ClN2O4S. The molecule has 0 atom stereocenters. The molecule has 140 valence electrons. The lowest BCUT2D eigenvalue weighted by molar-refractivity contribution is -0.115. The van der Waals surface area contributed by atoms with Crippen LogP contribution in [0.3, 0.4) is 0 Å². The van der Waals surface area contributed by atoms with Gasteiger partial charge in [0, 0.05) is 0 Å². The van der Waals surface area contributed by atoms with Crippen molar-refractivity contribution in [1.29, 1.82) is 5.41 Å². The van der Waals surface area contributed by atoms with Gasteiger partial charge in [0.1, 0.15) is 30.5 Å². The number of amides is 1. The van der Waals surface area contributed by atoms with Gasteiger partial charge in [-0.05, 0) is 59.8 Å². The third-order valence-corrected chi connectivity index (χ3v) is 4.71. The maximum atomic E-state index is 11.6. The molecular weight excluding hydrogens is 388 g/mol. The van der Waals surface area contributed by atoms with Gasteiger partial charge >= 0.3 is 0 Å². The lowest BCUT2D eigenvalue weighted by Crippen LogP contribution is -2.18. The number of rotatable bonds is 7. The number of amidine groups is 1. The summed E-state index contributed by atoms with van der Waals surface area (Å²) < 4.78 is 16.3. The van der Waals surface area contributed by atoms with E-state index in [-0.39, 0.29) is 11.1 Å². The number of carbonyl (C=O) groups is 1. The Labute approximate surface area is 166 Å². The number of hydrogen-bond donors (Lipinski definition) is 2. The van der Waals surface area contributed by atoms with Crippen LogP contribution in [0.4, 0.5) is 0 Å². The fourth-order valence-corrected chi connectivity index (χ4v) is 3.25. The van der Waals surface area contributed by atoms with Gasteiger partial charge in [0.2, 0.25) is 0 Å². The average Bonchev–Trinajstić information content (AvgIpc) is 2.97. The van der Waals surface area contributed by atoms with Gasteiger partial charge in [0.25, 0.3) is 5.91 Å². The van der Waals surface area contributed by atoms with E-state index < -0.39 is 0 Å². The van der Waals surface area contributed by atoms with Gasteiger partial charge in [-0.2, -0.15) is 0 Å². The molecule has 0 saturated carbocycles. The molecule has 1 saturated heterocycles. The molecule has 6 nitrogen and oxygen atoms in total. The molecule has 0 radical (unpaired) electrons. The molecule has 2 N–H and O–H groups in total. The summed E-state index contributed by atoms with van der Waals surface area (Å²) in [7, 11) is 1.61. The topological polar surface area (TPSA) is 80.6 Å². The van der Waals surface area contributed by atoms with Crippen LogP contribution in [0.1, 0.15) is 5.56 Å². The standard InChI is InChI=1S/C19H17ClN2O4S/c1-24-13-3-5-14(6-4-13)25-8-9-26-16-7-2-12(10-15(16)20)11-17-18(23)22-19(21)27-17/h2-7,10-11H,8-9H2,1H3,(H2,21,22,23). The Hall–Kier alpha value is -2.64. The molecule has 8 heteroatoms. The summed E-state index contributed by atoms with van der Waals surface area (Å²) in [5, 5.41) is 10.4. The second-order valence-corrected chi connectivity index (χ2v) is 6.92. The molecule has 0 unspecified atom stereocenters. The first-order valence-electron chi connectivity index (χ1n) is 8.04. The van der Waals surface area contributed by atoms with Gasteiger partial charge in [0.15, 0.2) is 5.17 Å². The van der Waals surface area contributed by atoms with Crippen molar-refractivity contribution in [2.24, 2.45) is 0 Å². The van der Waals surface area contributed by atoms with Crippen molar-refractivity contribution >= 4 is 40.5 Å². The van der Waals surface area contributed by atoms with Crippen molar-refractivity contribution in [1.82, 2.24) is 5.32 Å². The predicted octanol–water partition coefficient (Wildman–Crippen LogP) is 3.95. The Bertz CT molecular complexity index is 884. The van der Waals surface area contributed by atoms with Gasteiger partial charge < -0.3 is 19.5 Å². The number of thioether (sulfide) groups is 1. The highest BCUT2D eigenvalue weighted by molar-refractivity contribution is 8.18. The molecule has 27 heavy (non-hydrogen) atoms. The average molecular weight is 405 g/mol. The summed E-state index contributed by atoms with van der Waals surface area (Å²) in [5.41, 5.74) is 0.759. The second-order valence-electron chi connectivity index (χ2n) is 5.46. The van der Waals surface area contributed by atoms with Gasteiger partial charge in [-0.1, -0.05) is 17.7 Å². The van der Waals surface area contributed by atoms with Crippen LogP contribution in [0, 0.1) is 5.41 Å². The molecule has 0 aliphatic carbocycles. The van der Waals surface area contributed by atoms with Crippen molar-refractivity contribution in [3.05, 3.63) is 58.0 Å². The monoisotopic (exact) mass is 404 g/mol. The minimum Gasteiger partial charge on any atom is -0.497 e. The third-order valence-electron chi connectivity index (χ3n) is 3.59. The molecule has 1 aliphatic rings. The molecule has 0 aromatic heterocycles. The highest BCUT2D eigenvalue weighted by atomic mass is 35.5. The minimum atomic E-state index is -0.280. The van der Waals surface area contributed by atoms with Crippen LogP contribution < -0.4 is 19.5 Å². The Morgan fingerprint density at radius 2 is 1.81 bits per heavy atom. The van der Waals surface area contributed by atoms with Crippen LogP contribution >= 0.6 is 23.4 Å². The molecule has 0 spiro atoms. The SMILES string of the molecule is COc1ccc(OCCOc2ccc(C=C3SC(=N)NC3=O)cc2Cl)cc1. The quantitative estimate of drug-likeness (QED) is 0.539. The number of ether oxygens (including phenoxy) is 3. The number of benzene rings is 2. The Morgan fingerprint density at radius 1 is 1.11 bits per heavy atom. The minimum absolute atomic E-state index is 0.120. The van der Waals surface area contributed by atoms with E-state index in [4.69, 9.17) is 31.2 Å².